The summed E-state index contributed by atoms with van der Waals surface area (Å²) >= 11 is 5.36. The summed E-state index contributed by atoms with van der Waals surface area (Å²) in [5.41, 5.74) is 0. The summed E-state index contributed by atoms with van der Waals surface area (Å²) < 4.78 is 1.23. The Balaban J connectivity index is 1.92. The van der Waals surface area contributed by atoms with E-state index in [1.807, 2.05) is 11.3 Å². The van der Waals surface area contributed by atoms with Crippen LogP contribution >= 0.6 is 27.3 Å². The van der Waals surface area contributed by atoms with Crippen molar-refractivity contribution in [3.63, 3.8) is 0 Å². The molecule has 0 radical (unpaired) electrons. The minimum atomic E-state index is 0.621. The summed E-state index contributed by atoms with van der Waals surface area (Å²) in [5, 5.41) is 3.52. The van der Waals surface area contributed by atoms with Crippen LogP contribution in [0.4, 0.5) is 0 Å². The van der Waals surface area contributed by atoms with Crippen LogP contribution in [-0.2, 0) is 6.54 Å². The van der Waals surface area contributed by atoms with Crippen LogP contribution in [0.25, 0.3) is 0 Å². The molecule has 1 atom stereocenters. The van der Waals surface area contributed by atoms with Gasteiger partial charge < -0.3 is 5.32 Å². The van der Waals surface area contributed by atoms with Gasteiger partial charge in [-0.05, 0) is 54.5 Å². The average molecular weight is 289 g/mol. The molecule has 1 saturated heterocycles. The molecule has 1 fully saturated rings. The molecule has 1 unspecified atom stereocenters. The largest absolute Gasteiger partial charge is 0.313 e. The summed E-state index contributed by atoms with van der Waals surface area (Å²) in [7, 11) is 0. The number of hydrogen-bond donors (Lipinski definition) is 1. The number of nitrogens with zero attached hydrogens (tertiary/aromatic N) is 1. The molecule has 2 heterocycles. The van der Waals surface area contributed by atoms with Gasteiger partial charge in [0.05, 0.1) is 3.79 Å². The lowest BCUT2D eigenvalue weighted by molar-refractivity contribution is 0.267. The maximum absolute atomic E-state index is 3.52. The van der Waals surface area contributed by atoms with Crippen molar-refractivity contribution >= 4 is 27.3 Å². The first-order valence-corrected chi connectivity index (χ1v) is 7.05. The van der Waals surface area contributed by atoms with Gasteiger partial charge in [-0.1, -0.05) is 0 Å². The summed E-state index contributed by atoms with van der Waals surface area (Å²) in [4.78, 5) is 4.00. The fourth-order valence-electron chi connectivity index (χ4n) is 1.99. The molecule has 15 heavy (non-hydrogen) atoms. The van der Waals surface area contributed by atoms with Crippen molar-refractivity contribution in [1.29, 1.82) is 0 Å². The van der Waals surface area contributed by atoms with Crippen LogP contribution in [0.1, 0.15) is 18.2 Å². The van der Waals surface area contributed by atoms with Crippen LogP contribution in [0.5, 0.6) is 0 Å². The van der Waals surface area contributed by atoms with Crippen LogP contribution in [0.3, 0.4) is 0 Å². The van der Waals surface area contributed by atoms with E-state index in [2.05, 4.69) is 45.2 Å². The Morgan fingerprint density at radius 3 is 3.20 bits per heavy atom. The lowest BCUT2D eigenvalue weighted by Gasteiger charge is -2.21. The third-order valence-electron chi connectivity index (χ3n) is 2.68. The molecule has 0 spiro atoms. The molecule has 4 heteroatoms. The van der Waals surface area contributed by atoms with Gasteiger partial charge >= 0.3 is 0 Å². The highest BCUT2D eigenvalue weighted by atomic mass is 79.9. The highest BCUT2D eigenvalue weighted by molar-refractivity contribution is 9.11. The molecule has 0 bridgehead atoms. The first kappa shape index (κ1) is 11.6. The SMILES string of the molecule is CC1CN(Cc2ccc(Br)s2)CCCN1. The van der Waals surface area contributed by atoms with Crippen LogP contribution in [-0.4, -0.2) is 30.6 Å². The van der Waals surface area contributed by atoms with E-state index in [1.54, 1.807) is 0 Å². The molecule has 1 aliphatic rings. The first-order valence-electron chi connectivity index (χ1n) is 5.44. The normalized spacial score (nSPS) is 24.0. The second-order valence-electron chi connectivity index (χ2n) is 4.15. The Kier molecular flexibility index (Phi) is 4.20. The molecule has 1 aromatic heterocycles. The summed E-state index contributed by atoms with van der Waals surface area (Å²) in [6, 6.07) is 4.98. The molecular formula is C11H17BrN2S. The van der Waals surface area contributed by atoms with Gasteiger partial charge in [-0.25, -0.2) is 0 Å². The van der Waals surface area contributed by atoms with E-state index in [0.29, 0.717) is 6.04 Å². The summed E-state index contributed by atoms with van der Waals surface area (Å²) in [6.45, 7) is 6.90. The minimum Gasteiger partial charge on any atom is -0.313 e. The Labute approximate surface area is 104 Å². The Hall–Kier alpha value is 0.1000. The maximum Gasteiger partial charge on any atom is 0.0701 e. The van der Waals surface area contributed by atoms with E-state index in [-0.39, 0.29) is 0 Å². The van der Waals surface area contributed by atoms with Crippen molar-refractivity contribution in [3.05, 3.63) is 20.8 Å². The van der Waals surface area contributed by atoms with Crippen molar-refractivity contribution in [2.24, 2.45) is 0 Å². The van der Waals surface area contributed by atoms with E-state index < -0.39 is 0 Å². The third-order valence-corrected chi connectivity index (χ3v) is 4.29. The lowest BCUT2D eigenvalue weighted by Crippen LogP contribution is -2.34. The van der Waals surface area contributed by atoms with Gasteiger partial charge in [0.1, 0.15) is 0 Å². The predicted octanol–water partition coefficient (Wildman–Crippen LogP) is 2.69. The number of halogens is 1. The van der Waals surface area contributed by atoms with E-state index >= 15 is 0 Å². The van der Waals surface area contributed by atoms with Gasteiger partial charge in [0.15, 0.2) is 0 Å². The zero-order chi connectivity index (χ0) is 10.7. The van der Waals surface area contributed by atoms with Crippen LogP contribution in [0.15, 0.2) is 15.9 Å². The molecule has 1 aromatic rings. The highest BCUT2D eigenvalue weighted by Gasteiger charge is 2.14. The van der Waals surface area contributed by atoms with Crippen molar-refractivity contribution in [2.75, 3.05) is 19.6 Å². The monoisotopic (exact) mass is 288 g/mol. The molecule has 84 valence electrons. The summed E-state index contributed by atoms with van der Waals surface area (Å²) in [5.74, 6) is 0. The fraction of sp³-hybridized carbons (Fsp3) is 0.636. The number of nitrogens with one attached hydrogen (secondary N) is 1. The van der Waals surface area contributed by atoms with Gasteiger partial charge in [0.2, 0.25) is 0 Å². The molecule has 2 rings (SSSR count). The van der Waals surface area contributed by atoms with Crippen molar-refractivity contribution in [1.82, 2.24) is 10.2 Å². The maximum atomic E-state index is 3.52. The van der Waals surface area contributed by atoms with Crippen LogP contribution in [0, 0.1) is 0 Å². The molecule has 1 N–H and O–H groups in total. The minimum absolute atomic E-state index is 0.621. The van der Waals surface area contributed by atoms with Crippen LogP contribution in [0.2, 0.25) is 0 Å². The van der Waals surface area contributed by atoms with Crippen LogP contribution < -0.4 is 5.32 Å². The van der Waals surface area contributed by atoms with E-state index in [4.69, 9.17) is 0 Å². The topological polar surface area (TPSA) is 15.3 Å². The Morgan fingerprint density at radius 2 is 2.47 bits per heavy atom. The van der Waals surface area contributed by atoms with Gasteiger partial charge in [-0.15, -0.1) is 11.3 Å². The number of rotatable bonds is 2. The molecule has 1 aliphatic heterocycles. The second kappa shape index (κ2) is 5.43. The highest BCUT2D eigenvalue weighted by Crippen LogP contribution is 2.23. The Morgan fingerprint density at radius 1 is 1.60 bits per heavy atom. The van der Waals surface area contributed by atoms with Gasteiger partial charge in [-0.2, -0.15) is 0 Å². The van der Waals surface area contributed by atoms with Gasteiger partial charge in [0, 0.05) is 24.0 Å². The molecule has 0 aliphatic carbocycles. The quantitative estimate of drug-likeness (QED) is 0.900. The first-order chi connectivity index (χ1) is 7.24. The number of hydrogen-bond acceptors (Lipinski definition) is 3. The van der Waals surface area contributed by atoms with Crippen molar-refractivity contribution in [3.8, 4) is 0 Å². The molecular weight excluding hydrogens is 272 g/mol. The zero-order valence-corrected chi connectivity index (χ0v) is 11.4. The van der Waals surface area contributed by atoms with E-state index in [9.17, 15) is 0 Å². The van der Waals surface area contributed by atoms with Crippen molar-refractivity contribution in [2.45, 2.75) is 25.9 Å². The molecule has 0 saturated carbocycles. The number of thiophene rings is 1. The Bertz CT molecular complexity index is 313. The standard InChI is InChI=1S/C11H17BrN2S/c1-9-7-14(6-2-5-13-9)8-10-3-4-11(12)15-10/h3-4,9,13H,2,5-8H2,1H3. The third kappa shape index (κ3) is 3.55. The predicted molar refractivity (Wildman–Crippen MR) is 69.4 cm³/mol. The molecule has 0 aromatic carbocycles. The van der Waals surface area contributed by atoms with Gasteiger partial charge in [-0.3, -0.25) is 4.90 Å². The molecule has 2 nitrogen and oxygen atoms in total. The van der Waals surface area contributed by atoms with Gasteiger partial charge in [0.25, 0.3) is 0 Å². The van der Waals surface area contributed by atoms with E-state index in [0.717, 1.165) is 19.6 Å². The van der Waals surface area contributed by atoms with E-state index in [1.165, 1.54) is 21.6 Å². The average Bonchev–Trinajstić information content (AvgIpc) is 2.46. The second-order valence-corrected chi connectivity index (χ2v) is 6.70. The molecule has 0 amide bonds. The van der Waals surface area contributed by atoms with Crippen molar-refractivity contribution < 1.29 is 0 Å². The fourth-order valence-corrected chi connectivity index (χ4v) is 3.52. The summed E-state index contributed by atoms with van der Waals surface area (Å²) in [6.07, 6.45) is 1.26. The zero-order valence-electron chi connectivity index (χ0n) is 9.00. The lowest BCUT2D eigenvalue weighted by atomic mass is 10.3. The smallest absolute Gasteiger partial charge is 0.0701 e.